The molecule has 0 bridgehead atoms. The third kappa shape index (κ3) is 5.05. The summed E-state index contributed by atoms with van der Waals surface area (Å²) in [6.45, 7) is 6.45. The SMILES string of the molecule is Cc1ccc(S(=O)(=O)Nc2ccc3nc(N4CCN(c5ccccn5)CC4)cc(C(=O)O)c3c2)c(C)c1. The number of aromatic carboxylic acids is 1. The molecule has 1 aliphatic rings. The van der Waals surface area contributed by atoms with Gasteiger partial charge in [0.25, 0.3) is 10.0 Å². The summed E-state index contributed by atoms with van der Waals surface area (Å²) >= 11 is 0. The molecular formula is C27H27N5O4S. The van der Waals surface area contributed by atoms with Gasteiger partial charge in [-0.25, -0.2) is 23.2 Å². The van der Waals surface area contributed by atoms with E-state index in [1.165, 1.54) is 6.07 Å². The molecule has 1 aliphatic heterocycles. The number of nitrogens with one attached hydrogen (secondary N) is 1. The molecule has 0 aliphatic carbocycles. The van der Waals surface area contributed by atoms with E-state index in [9.17, 15) is 18.3 Å². The molecule has 190 valence electrons. The van der Waals surface area contributed by atoms with E-state index >= 15 is 0 Å². The molecule has 1 fully saturated rings. The number of hydrogen-bond acceptors (Lipinski definition) is 7. The van der Waals surface area contributed by atoms with Crippen molar-refractivity contribution in [3.63, 3.8) is 0 Å². The van der Waals surface area contributed by atoms with Crippen molar-refractivity contribution in [2.45, 2.75) is 18.7 Å². The van der Waals surface area contributed by atoms with Crippen LogP contribution in [-0.4, -0.2) is 55.6 Å². The predicted molar refractivity (Wildman–Crippen MR) is 144 cm³/mol. The van der Waals surface area contributed by atoms with Gasteiger partial charge in [-0.15, -0.1) is 0 Å². The van der Waals surface area contributed by atoms with Crippen molar-refractivity contribution in [2.24, 2.45) is 0 Å². The smallest absolute Gasteiger partial charge is 0.336 e. The number of sulfonamides is 1. The maximum Gasteiger partial charge on any atom is 0.336 e. The molecule has 4 aromatic rings. The molecule has 1 saturated heterocycles. The summed E-state index contributed by atoms with van der Waals surface area (Å²) in [5.74, 6) is 0.389. The molecular weight excluding hydrogens is 490 g/mol. The molecule has 9 nitrogen and oxygen atoms in total. The average molecular weight is 518 g/mol. The number of pyridine rings is 2. The fourth-order valence-electron chi connectivity index (χ4n) is 4.63. The van der Waals surface area contributed by atoms with Crippen LogP contribution >= 0.6 is 0 Å². The molecule has 2 aromatic carbocycles. The van der Waals surface area contributed by atoms with Crippen molar-refractivity contribution >= 4 is 44.2 Å². The molecule has 2 N–H and O–H groups in total. The molecule has 2 aromatic heterocycles. The molecule has 3 heterocycles. The van der Waals surface area contributed by atoms with E-state index in [0.717, 1.165) is 24.5 Å². The summed E-state index contributed by atoms with van der Waals surface area (Å²) in [7, 11) is -3.85. The Morgan fingerprint density at radius 3 is 2.30 bits per heavy atom. The van der Waals surface area contributed by atoms with E-state index in [0.29, 0.717) is 35.4 Å². The van der Waals surface area contributed by atoms with Gasteiger partial charge in [0, 0.05) is 43.4 Å². The van der Waals surface area contributed by atoms with Crippen LogP contribution in [0.5, 0.6) is 0 Å². The second-order valence-corrected chi connectivity index (χ2v) is 10.8. The maximum atomic E-state index is 13.0. The van der Waals surface area contributed by atoms with E-state index in [2.05, 4.69) is 19.5 Å². The first-order valence-electron chi connectivity index (χ1n) is 11.9. The molecule has 0 amide bonds. The fraction of sp³-hybridized carbons (Fsp3) is 0.222. The summed E-state index contributed by atoms with van der Waals surface area (Å²) in [4.78, 5) is 25.7. The van der Waals surface area contributed by atoms with Gasteiger partial charge < -0.3 is 14.9 Å². The number of fused-ring (bicyclic) bond motifs is 1. The van der Waals surface area contributed by atoms with Crippen LogP contribution in [0, 0.1) is 13.8 Å². The van der Waals surface area contributed by atoms with Crippen LogP contribution in [0.2, 0.25) is 0 Å². The molecule has 10 heteroatoms. The third-order valence-electron chi connectivity index (χ3n) is 6.47. The van der Waals surface area contributed by atoms with Crippen LogP contribution < -0.4 is 14.5 Å². The molecule has 0 saturated carbocycles. The van der Waals surface area contributed by atoms with E-state index in [1.54, 1.807) is 49.5 Å². The van der Waals surface area contributed by atoms with Crippen molar-refractivity contribution in [1.29, 1.82) is 0 Å². The fourth-order valence-corrected chi connectivity index (χ4v) is 5.91. The first-order valence-corrected chi connectivity index (χ1v) is 13.4. The Bertz CT molecular complexity index is 1580. The van der Waals surface area contributed by atoms with Crippen molar-refractivity contribution in [3.05, 3.63) is 83.6 Å². The first kappa shape index (κ1) is 24.5. The minimum atomic E-state index is -3.85. The summed E-state index contributed by atoms with van der Waals surface area (Å²) in [5.41, 5.74) is 2.42. The van der Waals surface area contributed by atoms with Gasteiger partial charge in [0.2, 0.25) is 0 Å². The largest absolute Gasteiger partial charge is 0.478 e. The number of aromatic nitrogens is 2. The number of aryl methyl sites for hydroxylation is 2. The van der Waals surface area contributed by atoms with Gasteiger partial charge in [-0.1, -0.05) is 23.8 Å². The summed E-state index contributed by atoms with van der Waals surface area (Å²) < 4.78 is 28.6. The Morgan fingerprint density at radius 2 is 1.65 bits per heavy atom. The number of rotatable bonds is 6. The standard InChI is InChI=1S/C27H27N5O4S/c1-18-6-9-24(19(2)15-18)37(35,36)30-20-7-8-23-21(16-20)22(27(33)34)17-26(29-23)32-13-11-31(12-14-32)25-5-3-4-10-28-25/h3-10,15-17,30H,11-14H2,1-2H3,(H,33,34). The number of piperazine rings is 1. The van der Waals surface area contributed by atoms with Crippen molar-refractivity contribution in [2.75, 3.05) is 40.7 Å². The molecule has 0 spiro atoms. The molecule has 0 atom stereocenters. The number of benzene rings is 2. The second-order valence-electron chi connectivity index (χ2n) is 9.10. The molecule has 0 radical (unpaired) electrons. The number of carboxylic acids is 1. The lowest BCUT2D eigenvalue weighted by atomic mass is 10.1. The number of hydrogen-bond donors (Lipinski definition) is 2. The van der Waals surface area contributed by atoms with Gasteiger partial charge in [-0.3, -0.25) is 4.72 Å². The van der Waals surface area contributed by atoms with E-state index in [-0.39, 0.29) is 16.1 Å². The van der Waals surface area contributed by atoms with Gasteiger partial charge in [0.05, 0.1) is 16.0 Å². The van der Waals surface area contributed by atoms with Gasteiger partial charge in [-0.2, -0.15) is 0 Å². The lowest BCUT2D eigenvalue weighted by Crippen LogP contribution is -2.47. The Kier molecular flexibility index (Phi) is 6.43. The van der Waals surface area contributed by atoms with Crippen molar-refractivity contribution < 1.29 is 18.3 Å². The van der Waals surface area contributed by atoms with Crippen molar-refractivity contribution in [3.8, 4) is 0 Å². The highest BCUT2D eigenvalue weighted by atomic mass is 32.2. The van der Waals surface area contributed by atoms with Crippen molar-refractivity contribution in [1.82, 2.24) is 9.97 Å². The number of carboxylic acid groups (broad SMARTS) is 1. The number of carbonyl (C=O) groups is 1. The lowest BCUT2D eigenvalue weighted by molar-refractivity contribution is 0.0699. The highest BCUT2D eigenvalue weighted by molar-refractivity contribution is 7.92. The zero-order valence-electron chi connectivity index (χ0n) is 20.5. The molecule has 37 heavy (non-hydrogen) atoms. The zero-order chi connectivity index (χ0) is 26.2. The van der Waals surface area contributed by atoms with E-state index in [1.807, 2.05) is 25.1 Å². The number of anilines is 3. The minimum absolute atomic E-state index is 0.0692. The van der Waals surface area contributed by atoms with Gasteiger partial charge in [0.1, 0.15) is 11.6 Å². The normalized spacial score (nSPS) is 14.1. The van der Waals surface area contributed by atoms with Gasteiger partial charge in [-0.05, 0) is 61.9 Å². The summed E-state index contributed by atoms with van der Waals surface area (Å²) in [5, 5.41) is 10.3. The predicted octanol–water partition coefficient (Wildman–Crippen LogP) is 4.07. The monoisotopic (exact) mass is 517 g/mol. The third-order valence-corrected chi connectivity index (χ3v) is 8.02. The number of nitrogens with zero attached hydrogens (tertiary/aromatic N) is 4. The Balaban J connectivity index is 1.42. The Labute approximate surface area is 215 Å². The lowest BCUT2D eigenvalue weighted by Gasteiger charge is -2.36. The maximum absolute atomic E-state index is 13.0. The van der Waals surface area contributed by atoms with E-state index in [4.69, 9.17) is 4.98 Å². The van der Waals surface area contributed by atoms with Crippen LogP contribution in [0.15, 0.2) is 71.8 Å². The summed E-state index contributed by atoms with van der Waals surface area (Å²) in [6, 6.07) is 17.3. The quantitative estimate of drug-likeness (QED) is 0.393. The highest BCUT2D eigenvalue weighted by Crippen LogP contribution is 2.28. The first-order chi connectivity index (χ1) is 17.7. The van der Waals surface area contributed by atoms with Crippen LogP contribution in [-0.2, 0) is 10.0 Å². The van der Waals surface area contributed by atoms with Gasteiger partial charge >= 0.3 is 5.97 Å². The van der Waals surface area contributed by atoms with Crippen LogP contribution in [0.1, 0.15) is 21.5 Å². The highest BCUT2D eigenvalue weighted by Gasteiger charge is 2.22. The molecule has 0 unspecified atom stereocenters. The van der Waals surface area contributed by atoms with Crippen LogP contribution in [0.3, 0.4) is 0 Å². The molecule has 5 rings (SSSR count). The average Bonchev–Trinajstić information content (AvgIpc) is 2.88. The topological polar surface area (TPSA) is 116 Å². The second kappa shape index (κ2) is 9.70. The van der Waals surface area contributed by atoms with Gasteiger partial charge in [0.15, 0.2) is 0 Å². The van der Waals surface area contributed by atoms with Crippen LogP contribution in [0.25, 0.3) is 10.9 Å². The Hall–Kier alpha value is -4.18. The zero-order valence-corrected chi connectivity index (χ0v) is 21.4. The van der Waals surface area contributed by atoms with E-state index < -0.39 is 16.0 Å². The van der Waals surface area contributed by atoms with Crippen LogP contribution in [0.4, 0.5) is 17.3 Å². The minimum Gasteiger partial charge on any atom is -0.478 e. The Morgan fingerprint density at radius 1 is 0.919 bits per heavy atom. The summed E-state index contributed by atoms with van der Waals surface area (Å²) in [6.07, 6.45) is 1.77.